The molecule has 1 unspecified atom stereocenters. The normalized spacial score (nSPS) is 37.1. The van der Waals surface area contributed by atoms with E-state index < -0.39 is 35.6 Å². The zero-order chi connectivity index (χ0) is 24.2. The van der Waals surface area contributed by atoms with E-state index in [0.29, 0.717) is 13.1 Å². The first kappa shape index (κ1) is 23.5. The Hall–Kier alpha value is -2.19. The fourth-order valence-corrected chi connectivity index (χ4v) is 6.92. The van der Waals surface area contributed by atoms with Gasteiger partial charge in [-0.05, 0) is 18.8 Å². The molecule has 8 nitrogen and oxygen atoms in total. The van der Waals surface area contributed by atoms with E-state index in [9.17, 15) is 19.5 Å². The van der Waals surface area contributed by atoms with E-state index in [4.69, 9.17) is 4.74 Å². The second kappa shape index (κ2) is 8.79. The van der Waals surface area contributed by atoms with Crippen molar-refractivity contribution in [3.63, 3.8) is 0 Å². The molecule has 1 N–H and O–H groups in total. The lowest BCUT2D eigenvalue weighted by molar-refractivity contribution is -0.153. The lowest BCUT2D eigenvalue weighted by Gasteiger charge is -2.42. The van der Waals surface area contributed by atoms with Gasteiger partial charge in [0.05, 0.1) is 30.6 Å². The molecule has 3 amide bonds. The Morgan fingerprint density at radius 1 is 1.06 bits per heavy atom. The number of hydrogen-bond acceptors (Lipinski definition) is 5. The van der Waals surface area contributed by atoms with Crippen molar-refractivity contribution < 1.29 is 24.2 Å². The Bertz CT molecular complexity index is 910. The number of ether oxygens (including phenoxy) is 1. The van der Waals surface area contributed by atoms with Gasteiger partial charge in [-0.2, -0.15) is 0 Å². The Kier molecular flexibility index (Phi) is 6.09. The first-order valence-corrected chi connectivity index (χ1v) is 12.8. The molecule has 3 fully saturated rings. The van der Waals surface area contributed by atoms with E-state index in [2.05, 4.69) is 0 Å². The molecule has 5 rings (SSSR count). The van der Waals surface area contributed by atoms with Crippen LogP contribution in [0, 0.1) is 17.8 Å². The van der Waals surface area contributed by atoms with Crippen molar-refractivity contribution in [2.24, 2.45) is 17.8 Å². The second-order valence-electron chi connectivity index (χ2n) is 10.9. The fourth-order valence-electron chi connectivity index (χ4n) is 6.92. The average Bonchev–Trinajstić information content (AvgIpc) is 3.14. The molecule has 4 aliphatic heterocycles. The van der Waals surface area contributed by atoms with E-state index in [1.807, 2.05) is 43.1 Å². The van der Waals surface area contributed by atoms with Crippen LogP contribution in [0.3, 0.4) is 0 Å². The molecule has 6 atom stereocenters. The SMILES string of the molecule is CC(C)[C@H](CO)N1C(=O)[C@@H]2[C@H]3C(=O)N(C)CC=C[C@H]3O[C@@]23C=CCN(C2CCCCC2)C(=O)C13. The van der Waals surface area contributed by atoms with Gasteiger partial charge in [-0.3, -0.25) is 14.4 Å². The minimum Gasteiger partial charge on any atom is -0.394 e. The largest absolute Gasteiger partial charge is 0.394 e. The number of fused-ring (bicyclic) bond motifs is 2. The summed E-state index contributed by atoms with van der Waals surface area (Å²) in [5.74, 6) is -2.05. The van der Waals surface area contributed by atoms with Crippen molar-refractivity contribution in [3.8, 4) is 0 Å². The predicted molar refractivity (Wildman–Crippen MR) is 125 cm³/mol. The van der Waals surface area contributed by atoms with Crippen molar-refractivity contribution in [1.29, 1.82) is 0 Å². The highest BCUT2D eigenvalue weighted by Gasteiger charge is 2.72. The summed E-state index contributed by atoms with van der Waals surface area (Å²) in [5.41, 5.74) is -1.21. The molecule has 8 heteroatoms. The van der Waals surface area contributed by atoms with Crippen LogP contribution in [0.25, 0.3) is 0 Å². The van der Waals surface area contributed by atoms with Gasteiger partial charge in [0.25, 0.3) is 0 Å². The van der Waals surface area contributed by atoms with Crippen molar-refractivity contribution in [3.05, 3.63) is 24.3 Å². The Balaban J connectivity index is 1.62. The number of carbonyl (C=O) groups is 3. The van der Waals surface area contributed by atoms with Crippen molar-refractivity contribution >= 4 is 17.7 Å². The van der Waals surface area contributed by atoms with Gasteiger partial charge in [-0.25, -0.2) is 0 Å². The van der Waals surface area contributed by atoms with Crippen LogP contribution >= 0.6 is 0 Å². The maximum atomic E-state index is 14.3. The first-order chi connectivity index (χ1) is 16.3. The second-order valence-corrected chi connectivity index (χ2v) is 10.9. The Morgan fingerprint density at radius 3 is 2.47 bits per heavy atom. The number of amides is 3. The summed E-state index contributed by atoms with van der Waals surface area (Å²) in [6, 6.07) is -1.27. The first-order valence-electron chi connectivity index (χ1n) is 12.8. The summed E-state index contributed by atoms with van der Waals surface area (Å²) < 4.78 is 6.63. The highest BCUT2D eigenvalue weighted by atomic mass is 16.5. The van der Waals surface area contributed by atoms with Crippen molar-refractivity contribution in [1.82, 2.24) is 14.7 Å². The van der Waals surface area contributed by atoms with E-state index >= 15 is 0 Å². The fraction of sp³-hybridized carbons (Fsp3) is 0.731. The average molecular weight is 472 g/mol. The third-order valence-corrected chi connectivity index (χ3v) is 8.66. The minimum absolute atomic E-state index is 0.0591. The zero-order valence-corrected chi connectivity index (χ0v) is 20.4. The topological polar surface area (TPSA) is 90.4 Å². The van der Waals surface area contributed by atoms with Crippen LogP contribution in [-0.2, 0) is 19.1 Å². The molecule has 4 heterocycles. The Labute approximate surface area is 201 Å². The van der Waals surface area contributed by atoms with Gasteiger partial charge in [0.15, 0.2) is 0 Å². The molecular weight excluding hydrogens is 434 g/mol. The lowest BCUT2D eigenvalue weighted by atomic mass is 9.77. The summed E-state index contributed by atoms with van der Waals surface area (Å²) in [5, 5.41) is 10.3. The van der Waals surface area contributed by atoms with Gasteiger partial charge in [-0.15, -0.1) is 0 Å². The molecule has 0 bridgehead atoms. The third kappa shape index (κ3) is 3.36. The number of likely N-dealkylation sites (N-methyl/N-ethyl adjacent to an activating group) is 1. The predicted octanol–water partition coefficient (Wildman–Crippen LogP) is 1.34. The van der Waals surface area contributed by atoms with Crippen molar-refractivity contribution in [2.45, 2.75) is 75.8 Å². The molecule has 2 saturated heterocycles. The van der Waals surface area contributed by atoms with Crippen LogP contribution in [0.5, 0.6) is 0 Å². The van der Waals surface area contributed by atoms with Crippen LogP contribution in [0.4, 0.5) is 0 Å². The van der Waals surface area contributed by atoms with E-state index in [1.165, 1.54) is 6.42 Å². The summed E-state index contributed by atoms with van der Waals surface area (Å²) in [6.07, 6.45) is 12.4. The summed E-state index contributed by atoms with van der Waals surface area (Å²) in [7, 11) is 1.73. The summed E-state index contributed by atoms with van der Waals surface area (Å²) >= 11 is 0. The molecule has 1 spiro atoms. The zero-order valence-electron chi connectivity index (χ0n) is 20.4. The Morgan fingerprint density at radius 2 is 1.79 bits per heavy atom. The third-order valence-electron chi connectivity index (χ3n) is 8.66. The van der Waals surface area contributed by atoms with Crippen LogP contribution in [0.15, 0.2) is 24.3 Å². The summed E-state index contributed by atoms with van der Waals surface area (Å²) in [6.45, 7) is 4.59. The van der Waals surface area contributed by atoms with Crippen LogP contribution in [0.2, 0.25) is 0 Å². The van der Waals surface area contributed by atoms with Gasteiger partial charge in [0.1, 0.15) is 11.6 Å². The van der Waals surface area contributed by atoms with Crippen LogP contribution in [-0.4, -0.2) is 94.1 Å². The van der Waals surface area contributed by atoms with Crippen molar-refractivity contribution in [2.75, 3.05) is 26.7 Å². The molecule has 5 aliphatic rings. The van der Waals surface area contributed by atoms with Gasteiger partial charge in [0, 0.05) is 26.2 Å². The molecule has 0 aromatic carbocycles. The van der Waals surface area contributed by atoms with Crippen LogP contribution < -0.4 is 0 Å². The quantitative estimate of drug-likeness (QED) is 0.625. The van der Waals surface area contributed by atoms with E-state index in [1.54, 1.807) is 16.8 Å². The number of likely N-dealkylation sites (tertiary alicyclic amines) is 1. The number of aliphatic hydroxyl groups excluding tert-OH is 1. The number of carbonyl (C=O) groups excluding carboxylic acids is 3. The van der Waals surface area contributed by atoms with Gasteiger partial charge < -0.3 is 24.5 Å². The molecule has 0 radical (unpaired) electrons. The van der Waals surface area contributed by atoms with Gasteiger partial charge in [-0.1, -0.05) is 57.4 Å². The molecule has 186 valence electrons. The highest BCUT2D eigenvalue weighted by molar-refractivity contribution is 6.00. The summed E-state index contributed by atoms with van der Waals surface area (Å²) in [4.78, 5) is 47.0. The number of aliphatic hydroxyl groups is 1. The highest BCUT2D eigenvalue weighted by Crippen LogP contribution is 2.54. The molecule has 1 saturated carbocycles. The molecule has 34 heavy (non-hydrogen) atoms. The number of hydrogen-bond donors (Lipinski definition) is 1. The maximum Gasteiger partial charge on any atom is 0.249 e. The maximum absolute atomic E-state index is 14.3. The van der Waals surface area contributed by atoms with Gasteiger partial charge in [0.2, 0.25) is 17.7 Å². The number of nitrogens with zero attached hydrogens (tertiary/aromatic N) is 3. The molecule has 0 aromatic heterocycles. The molecule has 1 aliphatic carbocycles. The van der Waals surface area contributed by atoms with Crippen LogP contribution in [0.1, 0.15) is 46.0 Å². The van der Waals surface area contributed by atoms with E-state index in [-0.39, 0.29) is 36.3 Å². The molecular formula is C26H37N3O5. The van der Waals surface area contributed by atoms with Gasteiger partial charge >= 0.3 is 0 Å². The smallest absolute Gasteiger partial charge is 0.249 e. The number of rotatable bonds is 4. The molecule has 0 aromatic rings. The standard InChI is InChI=1S/C26H37N3O5/c1-16(2)18(15-30)29-22-25(33)28(17-9-5-4-6-10-17)14-8-12-26(22)21(24(29)32)20-19(34-26)11-7-13-27(3)23(20)31/h7-8,11-12,16-22,30H,4-6,9-10,13-15H2,1-3H3/t18-,19+,20-,21-,22?,26-/m0/s1. The lowest BCUT2D eigenvalue weighted by Crippen LogP contribution is -2.60. The minimum atomic E-state index is -1.21. The monoisotopic (exact) mass is 471 g/mol. The van der Waals surface area contributed by atoms with E-state index in [0.717, 1.165) is 25.7 Å².